The van der Waals surface area contributed by atoms with Crippen LogP contribution in [-0.2, 0) is 0 Å². The molecule has 1 unspecified atom stereocenters. The van der Waals surface area contributed by atoms with E-state index in [0.29, 0.717) is 27.2 Å². The van der Waals surface area contributed by atoms with Gasteiger partial charge in [-0.05, 0) is 37.8 Å². The van der Waals surface area contributed by atoms with Crippen LogP contribution >= 0.6 is 23.2 Å². The third kappa shape index (κ3) is 3.58. The average Bonchev–Trinajstić information content (AvgIpc) is 2.45. The van der Waals surface area contributed by atoms with E-state index in [9.17, 15) is 4.79 Å². The molecule has 1 aliphatic carbocycles. The number of nitrogens with one attached hydrogen (secondary N) is 1. The minimum absolute atomic E-state index is 0.146. The van der Waals surface area contributed by atoms with Crippen molar-refractivity contribution in [3.63, 3.8) is 0 Å². The molecule has 1 aliphatic rings. The molecule has 0 saturated heterocycles. The second-order valence-corrected chi connectivity index (χ2v) is 6.33. The number of anilines is 1. The Bertz CT molecular complexity index is 476. The highest BCUT2D eigenvalue weighted by molar-refractivity contribution is 6.39. The Morgan fingerprint density at radius 2 is 1.80 bits per heavy atom. The van der Waals surface area contributed by atoms with Crippen LogP contribution in [-0.4, -0.2) is 11.9 Å². The van der Waals surface area contributed by atoms with Crippen LogP contribution in [0.3, 0.4) is 0 Å². The summed E-state index contributed by atoms with van der Waals surface area (Å²) in [5.41, 5.74) is 6.44. The standard InChI is InChI=1S/C15H20Cl2N2O/c1-9(10-5-3-2-4-6-10)19-15(20)11-7-12(16)14(18)13(17)8-11/h7-10H,2-6,18H2,1H3,(H,19,20). The fourth-order valence-corrected chi connectivity index (χ4v) is 3.24. The molecule has 1 amide bonds. The number of hydrogen-bond donors (Lipinski definition) is 2. The lowest BCUT2D eigenvalue weighted by Crippen LogP contribution is -2.38. The lowest BCUT2D eigenvalue weighted by atomic mass is 9.84. The molecule has 5 heteroatoms. The molecule has 3 N–H and O–H groups in total. The van der Waals surface area contributed by atoms with Crippen molar-refractivity contribution >= 4 is 34.8 Å². The highest BCUT2D eigenvalue weighted by Gasteiger charge is 2.22. The van der Waals surface area contributed by atoms with Crippen molar-refractivity contribution in [1.29, 1.82) is 0 Å². The zero-order valence-electron chi connectivity index (χ0n) is 11.6. The Hall–Kier alpha value is -0.930. The molecular formula is C15H20Cl2N2O. The van der Waals surface area contributed by atoms with Crippen molar-refractivity contribution in [2.24, 2.45) is 5.92 Å². The zero-order valence-corrected chi connectivity index (χ0v) is 13.1. The third-order valence-electron chi connectivity index (χ3n) is 4.06. The molecule has 1 atom stereocenters. The van der Waals surface area contributed by atoms with Gasteiger partial charge in [0.2, 0.25) is 0 Å². The van der Waals surface area contributed by atoms with E-state index in [1.807, 2.05) is 0 Å². The molecule has 1 saturated carbocycles. The maximum absolute atomic E-state index is 12.2. The first-order chi connectivity index (χ1) is 9.49. The van der Waals surface area contributed by atoms with Crippen LogP contribution in [0, 0.1) is 5.92 Å². The summed E-state index contributed by atoms with van der Waals surface area (Å²) in [5.74, 6) is 0.416. The highest BCUT2D eigenvalue weighted by atomic mass is 35.5. The minimum atomic E-state index is -0.146. The SMILES string of the molecule is CC(NC(=O)c1cc(Cl)c(N)c(Cl)c1)C1CCCCC1. The van der Waals surface area contributed by atoms with Crippen molar-refractivity contribution in [2.75, 3.05) is 5.73 Å². The number of rotatable bonds is 3. The van der Waals surface area contributed by atoms with Crippen molar-refractivity contribution in [1.82, 2.24) is 5.32 Å². The van der Waals surface area contributed by atoms with Gasteiger partial charge in [0, 0.05) is 11.6 Å². The van der Waals surface area contributed by atoms with E-state index >= 15 is 0 Å². The van der Waals surface area contributed by atoms with Gasteiger partial charge in [0.05, 0.1) is 15.7 Å². The lowest BCUT2D eigenvalue weighted by Gasteiger charge is -2.28. The lowest BCUT2D eigenvalue weighted by molar-refractivity contribution is 0.0919. The summed E-state index contributed by atoms with van der Waals surface area (Å²) in [6, 6.07) is 3.29. The van der Waals surface area contributed by atoms with Gasteiger partial charge in [-0.2, -0.15) is 0 Å². The second kappa shape index (κ2) is 6.68. The molecular weight excluding hydrogens is 295 g/mol. The Morgan fingerprint density at radius 3 is 2.35 bits per heavy atom. The van der Waals surface area contributed by atoms with E-state index in [1.165, 1.54) is 32.1 Å². The van der Waals surface area contributed by atoms with Crippen molar-refractivity contribution in [2.45, 2.75) is 45.1 Å². The van der Waals surface area contributed by atoms with Gasteiger partial charge in [-0.15, -0.1) is 0 Å². The summed E-state index contributed by atoms with van der Waals surface area (Å²) in [7, 11) is 0. The van der Waals surface area contributed by atoms with Crippen LogP contribution in [0.5, 0.6) is 0 Å². The molecule has 1 aromatic rings. The topological polar surface area (TPSA) is 55.1 Å². The summed E-state index contributed by atoms with van der Waals surface area (Å²) in [6.45, 7) is 2.06. The van der Waals surface area contributed by atoms with Gasteiger partial charge in [-0.25, -0.2) is 0 Å². The van der Waals surface area contributed by atoms with Crippen LogP contribution in [0.25, 0.3) is 0 Å². The number of carbonyl (C=O) groups is 1. The van der Waals surface area contributed by atoms with Gasteiger partial charge in [-0.1, -0.05) is 42.5 Å². The van der Waals surface area contributed by atoms with Gasteiger partial charge in [0.25, 0.3) is 5.91 Å². The first-order valence-electron chi connectivity index (χ1n) is 7.04. The fourth-order valence-electron chi connectivity index (χ4n) is 2.76. The molecule has 20 heavy (non-hydrogen) atoms. The van der Waals surface area contributed by atoms with Crippen LogP contribution < -0.4 is 11.1 Å². The predicted octanol–water partition coefficient (Wildman–Crippen LogP) is 4.27. The number of benzene rings is 1. The highest BCUT2D eigenvalue weighted by Crippen LogP contribution is 2.29. The molecule has 110 valence electrons. The van der Waals surface area contributed by atoms with Gasteiger partial charge in [-0.3, -0.25) is 4.79 Å². The maximum atomic E-state index is 12.2. The summed E-state index contributed by atoms with van der Waals surface area (Å²) < 4.78 is 0. The van der Waals surface area contributed by atoms with Gasteiger partial charge < -0.3 is 11.1 Å². The first-order valence-corrected chi connectivity index (χ1v) is 7.80. The molecule has 1 fully saturated rings. The van der Waals surface area contributed by atoms with E-state index in [-0.39, 0.29) is 11.9 Å². The van der Waals surface area contributed by atoms with Gasteiger partial charge in [0.15, 0.2) is 0 Å². The van der Waals surface area contributed by atoms with Crippen LogP contribution in [0.2, 0.25) is 10.0 Å². The fraction of sp³-hybridized carbons (Fsp3) is 0.533. The van der Waals surface area contributed by atoms with Gasteiger partial charge >= 0.3 is 0 Å². The quantitative estimate of drug-likeness (QED) is 0.818. The van der Waals surface area contributed by atoms with Crippen LogP contribution in [0.4, 0.5) is 5.69 Å². The minimum Gasteiger partial charge on any atom is -0.396 e. The van der Waals surface area contributed by atoms with E-state index < -0.39 is 0 Å². The molecule has 0 spiro atoms. The maximum Gasteiger partial charge on any atom is 0.251 e. The molecule has 0 bridgehead atoms. The summed E-state index contributed by atoms with van der Waals surface area (Å²) in [6.07, 6.45) is 6.19. The average molecular weight is 315 g/mol. The van der Waals surface area contributed by atoms with E-state index in [2.05, 4.69) is 12.2 Å². The summed E-state index contributed by atoms with van der Waals surface area (Å²) >= 11 is 11.9. The number of hydrogen-bond acceptors (Lipinski definition) is 2. The van der Waals surface area contributed by atoms with Crippen molar-refractivity contribution < 1.29 is 4.79 Å². The van der Waals surface area contributed by atoms with E-state index in [4.69, 9.17) is 28.9 Å². The Balaban J connectivity index is 2.04. The largest absolute Gasteiger partial charge is 0.396 e. The van der Waals surface area contributed by atoms with E-state index in [0.717, 1.165) is 0 Å². The Morgan fingerprint density at radius 1 is 1.25 bits per heavy atom. The molecule has 0 aromatic heterocycles. The molecule has 0 radical (unpaired) electrons. The number of halogens is 2. The molecule has 1 aromatic carbocycles. The summed E-state index contributed by atoms with van der Waals surface area (Å²) in [5, 5.41) is 3.67. The smallest absolute Gasteiger partial charge is 0.251 e. The summed E-state index contributed by atoms with van der Waals surface area (Å²) in [4.78, 5) is 12.2. The third-order valence-corrected chi connectivity index (χ3v) is 4.68. The first kappa shape index (κ1) is 15.5. The molecule has 0 aliphatic heterocycles. The normalized spacial score (nSPS) is 17.8. The van der Waals surface area contributed by atoms with Crippen LogP contribution in [0.1, 0.15) is 49.4 Å². The second-order valence-electron chi connectivity index (χ2n) is 5.51. The van der Waals surface area contributed by atoms with Crippen molar-refractivity contribution in [3.8, 4) is 0 Å². The van der Waals surface area contributed by atoms with Gasteiger partial charge in [0.1, 0.15) is 0 Å². The molecule has 3 nitrogen and oxygen atoms in total. The van der Waals surface area contributed by atoms with Crippen LogP contribution in [0.15, 0.2) is 12.1 Å². The molecule has 2 rings (SSSR count). The number of carbonyl (C=O) groups excluding carboxylic acids is 1. The zero-order chi connectivity index (χ0) is 14.7. The van der Waals surface area contributed by atoms with Crippen molar-refractivity contribution in [3.05, 3.63) is 27.7 Å². The molecule has 0 heterocycles. The number of nitrogens with two attached hydrogens (primary N) is 1. The predicted molar refractivity (Wildman–Crippen MR) is 84.4 cm³/mol. The Kier molecular flexibility index (Phi) is 5.17. The van der Waals surface area contributed by atoms with E-state index in [1.54, 1.807) is 12.1 Å². The number of amides is 1. The Labute approximate surface area is 129 Å². The number of nitrogen functional groups attached to an aromatic ring is 1. The monoisotopic (exact) mass is 314 g/mol.